The maximum Gasteiger partial charge on any atom is 0.248 e. The van der Waals surface area contributed by atoms with Crippen LogP contribution in [0.4, 0.5) is 11.6 Å². The zero-order valence-corrected chi connectivity index (χ0v) is 21.2. The van der Waals surface area contributed by atoms with Gasteiger partial charge in [-0.2, -0.15) is 0 Å². The van der Waals surface area contributed by atoms with Gasteiger partial charge in [0, 0.05) is 66.6 Å². The Morgan fingerprint density at radius 2 is 1.95 bits per heavy atom. The number of piperidine rings is 1. The monoisotopic (exact) mass is 515 g/mol. The van der Waals surface area contributed by atoms with Gasteiger partial charge in [0.1, 0.15) is 0 Å². The van der Waals surface area contributed by atoms with Crippen LogP contribution in [0, 0.1) is 0 Å². The number of aromatic nitrogens is 3. The van der Waals surface area contributed by atoms with Crippen molar-refractivity contribution in [2.24, 2.45) is 5.73 Å². The van der Waals surface area contributed by atoms with Crippen molar-refractivity contribution in [1.82, 2.24) is 19.9 Å². The van der Waals surface area contributed by atoms with E-state index in [-0.39, 0.29) is 5.91 Å². The van der Waals surface area contributed by atoms with Gasteiger partial charge in [-0.15, -0.1) is 0 Å². The molecule has 5 N–H and O–H groups in total. The number of nitrogens with zero attached hydrogens (tertiary/aromatic N) is 3. The molecule has 0 aliphatic carbocycles. The molecule has 0 saturated carbocycles. The lowest BCUT2D eigenvalue weighted by Gasteiger charge is -2.32. The third kappa shape index (κ3) is 6.17. The van der Waals surface area contributed by atoms with Gasteiger partial charge < -0.3 is 21.4 Å². The normalized spacial score (nSPS) is 14.9. The minimum atomic E-state index is -0.175. The summed E-state index contributed by atoms with van der Waals surface area (Å²) in [5, 5.41) is 7.96. The van der Waals surface area contributed by atoms with Gasteiger partial charge in [-0.25, -0.2) is 9.97 Å². The number of halogens is 1. The molecule has 2 aromatic carbocycles. The van der Waals surface area contributed by atoms with Crippen molar-refractivity contribution in [1.29, 1.82) is 0 Å². The number of para-hydroxylation sites is 1. The number of anilines is 2. The van der Waals surface area contributed by atoms with Gasteiger partial charge >= 0.3 is 0 Å². The second kappa shape index (κ2) is 11.6. The molecule has 0 atom stereocenters. The van der Waals surface area contributed by atoms with Crippen LogP contribution in [0.5, 0.6) is 0 Å². The summed E-state index contributed by atoms with van der Waals surface area (Å²) in [6.07, 6.45) is 8.69. The average Bonchev–Trinajstić information content (AvgIpc) is 3.35. The number of aromatic amines is 1. The lowest BCUT2D eigenvalue weighted by molar-refractivity contribution is -0.111. The molecule has 1 aliphatic heterocycles. The van der Waals surface area contributed by atoms with E-state index in [1.165, 1.54) is 11.6 Å². The highest BCUT2D eigenvalue weighted by Crippen LogP contribution is 2.32. The van der Waals surface area contributed by atoms with Gasteiger partial charge in [0.05, 0.1) is 16.9 Å². The number of hydrogen-bond acceptors (Lipinski definition) is 6. The second-order valence-corrected chi connectivity index (χ2v) is 9.56. The lowest BCUT2D eigenvalue weighted by Crippen LogP contribution is -2.39. The first-order valence-electron chi connectivity index (χ1n) is 12.4. The topological polar surface area (TPSA) is 112 Å². The van der Waals surface area contributed by atoms with Gasteiger partial charge in [0.2, 0.25) is 11.9 Å². The predicted octanol–water partition coefficient (Wildman–Crippen LogP) is 4.81. The first-order valence-corrected chi connectivity index (χ1v) is 12.8. The third-order valence-electron chi connectivity index (χ3n) is 6.54. The van der Waals surface area contributed by atoms with Crippen LogP contribution in [0.25, 0.3) is 22.2 Å². The highest BCUT2D eigenvalue weighted by Gasteiger charge is 2.21. The zero-order chi connectivity index (χ0) is 25.6. The van der Waals surface area contributed by atoms with E-state index in [0.717, 1.165) is 60.3 Å². The van der Waals surface area contributed by atoms with Crippen molar-refractivity contribution in [3.05, 3.63) is 83.7 Å². The van der Waals surface area contributed by atoms with Crippen LogP contribution in [-0.2, 0) is 11.3 Å². The summed E-state index contributed by atoms with van der Waals surface area (Å²) in [6.45, 7) is 3.17. The summed E-state index contributed by atoms with van der Waals surface area (Å²) < 4.78 is 0. The Bertz CT molecular complexity index is 1390. The molecule has 9 heteroatoms. The first kappa shape index (κ1) is 25.0. The fourth-order valence-electron chi connectivity index (χ4n) is 4.62. The van der Waals surface area contributed by atoms with Crippen LogP contribution < -0.4 is 16.4 Å². The van der Waals surface area contributed by atoms with Gasteiger partial charge in [-0.1, -0.05) is 48.0 Å². The highest BCUT2D eigenvalue weighted by atomic mass is 35.5. The van der Waals surface area contributed by atoms with E-state index in [9.17, 15) is 4.79 Å². The second-order valence-electron chi connectivity index (χ2n) is 9.16. The number of H-pyrrole nitrogens is 1. The number of hydrogen-bond donors (Lipinski definition) is 4. The molecule has 2 aromatic heterocycles. The van der Waals surface area contributed by atoms with Crippen molar-refractivity contribution in [3.8, 4) is 11.3 Å². The molecule has 1 aliphatic rings. The number of nitrogens with one attached hydrogen (secondary N) is 3. The number of fused-ring (bicyclic) bond motifs is 1. The molecule has 8 nitrogen and oxygen atoms in total. The zero-order valence-electron chi connectivity index (χ0n) is 20.5. The SMILES string of the molecule is NC/C=C/C(=O)Nc1ccc(CN2CCC(Nc3ncc(Cl)c(-c4c[nH]c5ccccc45)n3)CC2)cc1. The standard InChI is InChI=1S/C28H30ClN7O/c29-24-17-32-28(35-27(24)23-16-31-25-5-2-1-4-22(23)25)34-21-11-14-36(15-12-21)18-19-7-9-20(10-8-19)33-26(37)6-3-13-30/h1-10,16-17,21,31H,11-15,18,30H2,(H,33,37)(H,32,34,35)/b6-3+. The van der Waals surface area contributed by atoms with Gasteiger partial charge in [0.15, 0.2) is 0 Å². The molecule has 0 bridgehead atoms. The van der Waals surface area contributed by atoms with Gasteiger partial charge in [0.25, 0.3) is 0 Å². The molecule has 1 saturated heterocycles. The third-order valence-corrected chi connectivity index (χ3v) is 6.82. The van der Waals surface area contributed by atoms with Gasteiger partial charge in [-0.05, 0) is 36.6 Å². The number of likely N-dealkylation sites (tertiary alicyclic amines) is 1. The molecule has 1 fully saturated rings. The Hall–Kier alpha value is -3.72. The number of nitrogens with two attached hydrogens (primary N) is 1. The molecule has 3 heterocycles. The van der Waals surface area contributed by atoms with Crippen molar-refractivity contribution >= 4 is 40.0 Å². The van der Waals surface area contributed by atoms with E-state index in [2.05, 4.69) is 43.7 Å². The Morgan fingerprint density at radius 3 is 2.73 bits per heavy atom. The van der Waals surface area contributed by atoms with E-state index in [4.69, 9.17) is 22.3 Å². The summed E-state index contributed by atoms with van der Waals surface area (Å²) in [7, 11) is 0. The molecular weight excluding hydrogens is 486 g/mol. The number of rotatable bonds is 8. The Morgan fingerprint density at radius 1 is 1.16 bits per heavy atom. The molecule has 0 spiro atoms. The number of amides is 1. The fraction of sp³-hybridized carbons (Fsp3) is 0.250. The van der Waals surface area contributed by atoms with Crippen molar-refractivity contribution in [2.75, 3.05) is 30.3 Å². The fourth-order valence-corrected chi connectivity index (χ4v) is 4.81. The lowest BCUT2D eigenvalue weighted by atomic mass is 10.0. The maximum absolute atomic E-state index is 11.8. The molecule has 1 amide bonds. The summed E-state index contributed by atoms with van der Waals surface area (Å²) in [6, 6.07) is 16.4. The minimum absolute atomic E-state index is 0.175. The number of carbonyl (C=O) groups excluding carboxylic acids is 1. The predicted molar refractivity (Wildman–Crippen MR) is 150 cm³/mol. The summed E-state index contributed by atoms with van der Waals surface area (Å²) >= 11 is 6.48. The maximum atomic E-state index is 11.8. The molecule has 0 radical (unpaired) electrons. The van der Waals surface area contributed by atoms with Crippen LogP contribution in [0.3, 0.4) is 0 Å². The summed E-state index contributed by atoms with van der Waals surface area (Å²) in [5.74, 6) is 0.424. The van der Waals surface area contributed by atoms with Crippen molar-refractivity contribution in [2.45, 2.75) is 25.4 Å². The Labute approximate surface area is 220 Å². The van der Waals surface area contributed by atoms with Crippen LogP contribution in [0.1, 0.15) is 18.4 Å². The Balaban J connectivity index is 1.15. The number of carbonyl (C=O) groups is 1. The molecule has 4 aromatic rings. The largest absolute Gasteiger partial charge is 0.360 e. The van der Waals surface area contributed by atoms with Crippen LogP contribution in [0.2, 0.25) is 5.02 Å². The molecule has 190 valence electrons. The van der Waals surface area contributed by atoms with Crippen LogP contribution >= 0.6 is 11.6 Å². The van der Waals surface area contributed by atoms with E-state index < -0.39 is 0 Å². The molecular formula is C28H30ClN7O. The minimum Gasteiger partial charge on any atom is -0.360 e. The van der Waals surface area contributed by atoms with Crippen molar-refractivity contribution in [3.63, 3.8) is 0 Å². The summed E-state index contributed by atoms with van der Waals surface area (Å²) in [5.41, 5.74) is 10.1. The van der Waals surface area contributed by atoms with Crippen LogP contribution in [0.15, 0.2) is 73.1 Å². The quantitative estimate of drug-likeness (QED) is 0.251. The highest BCUT2D eigenvalue weighted by molar-refractivity contribution is 6.33. The molecule has 37 heavy (non-hydrogen) atoms. The molecule has 5 rings (SSSR count). The van der Waals surface area contributed by atoms with E-state index >= 15 is 0 Å². The van der Waals surface area contributed by atoms with E-state index in [1.54, 1.807) is 12.3 Å². The smallest absolute Gasteiger partial charge is 0.248 e. The van der Waals surface area contributed by atoms with Crippen LogP contribution in [-0.4, -0.2) is 51.4 Å². The van der Waals surface area contributed by atoms with Gasteiger partial charge in [-0.3, -0.25) is 9.69 Å². The average molecular weight is 516 g/mol. The van der Waals surface area contributed by atoms with E-state index in [1.807, 2.05) is 36.5 Å². The molecule has 0 unspecified atom stereocenters. The first-order chi connectivity index (χ1) is 18.1. The van der Waals surface area contributed by atoms with E-state index in [0.29, 0.717) is 23.6 Å². The summed E-state index contributed by atoms with van der Waals surface area (Å²) in [4.78, 5) is 26.7. The van der Waals surface area contributed by atoms with Crippen molar-refractivity contribution < 1.29 is 4.79 Å². The Kier molecular flexibility index (Phi) is 7.79. The number of benzene rings is 2.